The molecule has 5 nitrogen and oxygen atoms in total. The second kappa shape index (κ2) is 6.00. The molecule has 1 spiro atoms. The first kappa shape index (κ1) is 15.3. The van der Waals surface area contributed by atoms with E-state index in [1.54, 1.807) is 11.3 Å². The van der Waals surface area contributed by atoms with Crippen LogP contribution in [0.2, 0.25) is 0 Å². The minimum atomic E-state index is -0.185. The molecule has 0 aliphatic carbocycles. The molecule has 124 valence electrons. The van der Waals surface area contributed by atoms with Gasteiger partial charge in [0, 0.05) is 19.6 Å². The number of hydrogen-bond donors (Lipinski definition) is 0. The van der Waals surface area contributed by atoms with Gasteiger partial charge in [-0.15, -0.1) is 11.3 Å². The van der Waals surface area contributed by atoms with Gasteiger partial charge in [0.05, 0.1) is 24.6 Å². The van der Waals surface area contributed by atoms with Crippen molar-refractivity contribution >= 4 is 27.4 Å². The number of fused-ring (bicyclic) bond motifs is 1. The summed E-state index contributed by atoms with van der Waals surface area (Å²) in [4.78, 5) is 13.0. The topological polar surface area (TPSA) is 47.5 Å². The normalized spacial score (nSPS) is 28.6. The van der Waals surface area contributed by atoms with Crippen molar-refractivity contribution in [2.24, 2.45) is 0 Å². The van der Waals surface area contributed by atoms with Crippen molar-refractivity contribution in [3.8, 4) is 0 Å². The van der Waals surface area contributed by atoms with Crippen molar-refractivity contribution in [3.05, 3.63) is 17.3 Å². The summed E-state index contributed by atoms with van der Waals surface area (Å²) >= 11 is 1.69. The Bertz CT molecular complexity index is 696. The maximum absolute atomic E-state index is 6.31. The highest BCUT2D eigenvalue weighted by Crippen LogP contribution is 2.35. The van der Waals surface area contributed by atoms with Gasteiger partial charge in [-0.1, -0.05) is 6.92 Å². The molecule has 0 aromatic carbocycles. The molecule has 0 bridgehead atoms. The van der Waals surface area contributed by atoms with Crippen LogP contribution in [0.25, 0.3) is 10.2 Å². The van der Waals surface area contributed by atoms with Gasteiger partial charge in [0.15, 0.2) is 0 Å². The smallest absolute Gasteiger partial charge is 0.141 e. The molecular weight excluding hydrogens is 310 g/mol. The molecule has 23 heavy (non-hydrogen) atoms. The Morgan fingerprint density at radius 2 is 2.35 bits per heavy atom. The summed E-state index contributed by atoms with van der Waals surface area (Å²) in [7, 11) is 0. The number of nitrogens with zero attached hydrogens (tertiary/aromatic N) is 3. The van der Waals surface area contributed by atoms with Gasteiger partial charge in [0.1, 0.15) is 22.1 Å². The lowest BCUT2D eigenvalue weighted by molar-refractivity contribution is -0.160. The van der Waals surface area contributed by atoms with Crippen LogP contribution in [0.5, 0.6) is 0 Å². The van der Waals surface area contributed by atoms with Crippen LogP contribution in [0.1, 0.15) is 32.5 Å². The molecule has 4 rings (SSSR count). The maximum atomic E-state index is 6.31. The third-order valence-corrected chi connectivity index (χ3v) is 5.47. The van der Waals surface area contributed by atoms with Gasteiger partial charge in [0.2, 0.25) is 0 Å². The van der Waals surface area contributed by atoms with Gasteiger partial charge in [-0.2, -0.15) is 0 Å². The highest BCUT2D eigenvalue weighted by atomic mass is 32.1. The number of aryl methyl sites for hydroxylation is 1. The molecule has 2 aliphatic heterocycles. The van der Waals surface area contributed by atoms with Crippen LogP contribution in [-0.4, -0.2) is 48.0 Å². The van der Waals surface area contributed by atoms with Gasteiger partial charge in [0.25, 0.3) is 0 Å². The lowest BCUT2D eigenvalue weighted by Gasteiger charge is -2.47. The van der Waals surface area contributed by atoms with Gasteiger partial charge in [-0.3, -0.25) is 0 Å². The molecule has 2 aliphatic rings. The fraction of sp³-hybridized carbons (Fsp3) is 0.647. The van der Waals surface area contributed by atoms with Crippen LogP contribution in [0.15, 0.2) is 11.4 Å². The average molecular weight is 333 g/mol. The van der Waals surface area contributed by atoms with Crippen molar-refractivity contribution in [2.45, 2.75) is 44.8 Å². The molecule has 2 saturated heterocycles. The largest absolute Gasteiger partial charge is 0.378 e. The van der Waals surface area contributed by atoms with E-state index in [1.807, 2.05) is 0 Å². The molecule has 2 aromatic heterocycles. The number of anilines is 1. The minimum Gasteiger partial charge on any atom is -0.378 e. The quantitative estimate of drug-likeness (QED) is 0.845. The zero-order valence-electron chi connectivity index (χ0n) is 13.7. The molecule has 0 amide bonds. The first-order valence-corrected chi connectivity index (χ1v) is 9.32. The standard InChI is InChI=1S/C17H23N3O2S/c1-3-14-18-15(13-5-8-23-16(13)19-14)20-9-12(2)22-17(10-20)6-4-7-21-11-17/h5,8,12H,3-4,6-7,9-11H2,1-2H3/t12-,17+/m1/s1. The molecule has 2 atom stereocenters. The molecule has 0 unspecified atom stereocenters. The molecule has 0 N–H and O–H groups in total. The number of rotatable bonds is 2. The second-order valence-corrected chi connectivity index (χ2v) is 7.50. The second-order valence-electron chi connectivity index (χ2n) is 6.60. The van der Waals surface area contributed by atoms with E-state index in [0.29, 0.717) is 6.61 Å². The van der Waals surface area contributed by atoms with Crippen LogP contribution in [-0.2, 0) is 15.9 Å². The summed E-state index contributed by atoms with van der Waals surface area (Å²) < 4.78 is 12.0. The Morgan fingerprint density at radius 3 is 3.13 bits per heavy atom. The van der Waals surface area contributed by atoms with E-state index in [2.05, 4.69) is 35.2 Å². The fourth-order valence-corrected chi connectivity index (χ4v) is 4.49. The molecular formula is C17H23N3O2S. The predicted octanol–water partition coefficient (Wildman–Crippen LogP) is 3.03. The van der Waals surface area contributed by atoms with E-state index in [1.165, 1.54) is 0 Å². The monoisotopic (exact) mass is 333 g/mol. The van der Waals surface area contributed by atoms with Gasteiger partial charge in [-0.25, -0.2) is 9.97 Å². The van der Waals surface area contributed by atoms with Crippen molar-refractivity contribution in [1.82, 2.24) is 9.97 Å². The minimum absolute atomic E-state index is 0.180. The van der Waals surface area contributed by atoms with Crippen LogP contribution < -0.4 is 4.90 Å². The van der Waals surface area contributed by atoms with E-state index < -0.39 is 0 Å². The van der Waals surface area contributed by atoms with E-state index in [0.717, 1.165) is 60.8 Å². The molecule has 2 aromatic rings. The number of thiophene rings is 1. The zero-order valence-corrected chi connectivity index (χ0v) is 14.6. The van der Waals surface area contributed by atoms with Gasteiger partial charge in [-0.05, 0) is 31.2 Å². The molecule has 6 heteroatoms. The Labute approximate surface area is 140 Å². The molecule has 4 heterocycles. The van der Waals surface area contributed by atoms with E-state index in [9.17, 15) is 0 Å². The fourth-order valence-electron chi connectivity index (χ4n) is 3.71. The Balaban J connectivity index is 1.72. The first-order valence-electron chi connectivity index (χ1n) is 8.44. The van der Waals surface area contributed by atoms with Crippen molar-refractivity contribution < 1.29 is 9.47 Å². The zero-order chi connectivity index (χ0) is 15.9. The summed E-state index contributed by atoms with van der Waals surface area (Å²) in [5.74, 6) is 1.98. The lowest BCUT2D eigenvalue weighted by Crippen LogP contribution is -2.59. The van der Waals surface area contributed by atoms with E-state index >= 15 is 0 Å². The predicted molar refractivity (Wildman–Crippen MR) is 92.3 cm³/mol. The van der Waals surface area contributed by atoms with Crippen molar-refractivity contribution in [3.63, 3.8) is 0 Å². The Kier molecular flexibility index (Phi) is 3.99. The van der Waals surface area contributed by atoms with Crippen LogP contribution in [0.4, 0.5) is 5.82 Å². The summed E-state index contributed by atoms with van der Waals surface area (Å²) in [6, 6.07) is 2.14. The summed E-state index contributed by atoms with van der Waals surface area (Å²) in [6.45, 7) is 7.51. The third-order valence-electron chi connectivity index (χ3n) is 4.66. The Morgan fingerprint density at radius 1 is 1.43 bits per heavy atom. The number of ether oxygens (including phenoxy) is 2. The highest BCUT2D eigenvalue weighted by molar-refractivity contribution is 7.16. The maximum Gasteiger partial charge on any atom is 0.141 e. The average Bonchev–Trinajstić information content (AvgIpc) is 3.02. The van der Waals surface area contributed by atoms with Gasteiger partial charge >= 0.3 is 0 Å². The highest BCUT2D eigenvalue weighted by Gasteiger charge is 2.42. The number of hydrogen-bond acceptors (Lipinski definition) is 6. The number of aromatic nitrogens is 2. The summed E-state index contributed by atoms with van der Waals surface area (Å²) in [6.07, 6.45) is 3.17. The SMILES string of the molecule is CCc1nc(N2C[C@@H](C)O[C@@]3(CCCOC3)C2)c2ccsc2n1. The Hall–Kier alpha value is -1.24. The van der Waals surface area contributed by atoms with Crippen LogP contribution >= 0.6 is 11.3 Å². The van der Waals surface area contributed by atoms with E-state index in [4.69, 9.17) is 14.5 Å². The van der Waals surface area contributed by atoms with Crippen LogP contribution in [0, 0.1) is 0 Å². The van der Waals surface area contributed by atoms with E-state index in [-0.39, 0.29) is 11.7 Å². The van der Waals surface area contributed by atoms with Crippen molar-refractivity contribution in [1.29, 1.82) is 0 Å². The lowest BCUT2D eigenvalue weighted by atomic mass is 9.93. The van der Waals surface area contributed by atoms with Crippen LogP contribution in [0.3, 0.4) is 0 Å². The molecule has 0 saturated carbocycles. The van der Waals surface area contributed by atoms with Crippen molar-refractivity contribution in [2.75, 3.05) is 31.2 Å². The number of morpholine rings is 1. The summed E-state index contributed by atoms with van der Waals surface area (Å²) in [5, 5.41) is 3.26. The van der Waals surface area contributed by atoms with Gasteiger partial charge < -0.3 is 14.4 Å². The molecule has 0 radical (unpaired) electrons. The molecule has 2 fully saturated rings. The first-order chi connectivity index (χ1) is 11.2. The third kappa shape index (κ3) is 2.84. The summed E-state index contributed by atoms with van der Waals surface area (Å²) in [5.41, 5.74) is -0.185.